The van der Waals surface area contributed by atoms with Crippen LogP contribution in [-0.2, 0) is 0 Å². The molecule has 1 aliphatic rings. The number of aromatic nitrogens is 1. The molecule has 1 saturated heterocycles. The maximum absolute atomic E-state index is 11.9. The maximum Gasteiger partial charge on any atom is 0.271 e. The van der Waals surface area contributed by atoms with Gasteiger partial charge in [0, 0.05) is 11.8 Å². The highest BCUT2D eigenvalue weighted by atomic mass is 35.5. The van der Waals surface area contributed by atoms with Crippen molar-refractivity contribution in [2.75, 3.05) is 17.2 Å². The van der Waals surface area contributed by atoms with Crippen LogP contribution in [0.15, 0.2) is 12.1 Å². The number of pyridine rings is 1. The number of anilines is 1. The van der Waals surface area contributed by atoms with Crippen molar-refractivity contribution < 1.29 is 4.79 Å². The Labute approximate surface area is 103 Å². The van der Waals surface area contributed by atoms with Gasteiger partial charge in [0.1, 0.15) is 11.5 Å². The molecule has 0 aromatic carbocycles. The lowest BCUT2D eigenvalue weighted by atomic mass is 10.2. The second-order valence-electron chi connectivity index (χ2n) is 3.60. The van der Waals surface area contributed by atoms with Crippen LogP contribution in [0.5, 0.6) is 0 Å². The summed E-state index contributed by atoms with van der Waals surface area (Å²) in [5, 5.41) is 3.23. The zero-order valence-corrected chi connectivity index (χ0v) is 10.1. The fourth-order valence-electron chi connectivity index (χ4n) is 1.52. The molecule has 2 rings (SSSR count). The molecule has 1 unspecified atom stereocenters. The quantitative estimate of drug-likeness (QED) is 0.844. The Balaban J connectivity index is 2.10. The van der Waals surface area contributed by atoms with E-state index < -0.39 is 0 Å². The lowest BCUT2D eigenvalue weighted by Crippen LogP contribution is -2.35. The minimum atomic E-state index is -0.246. The van der Waals surface area contributed by atoms with Gasteiger partial charge in [0.25, 0.3) is 5.91 Å². The van der Waals surface area contributed by atoms with Crippen LogP contribution < -0.4 is 11.1 Å². The summed E-state index contributed by atoms with van der Waals surface area (Å²) in [7, 11) is 0. The molecule has 6 heteroatoms. The van der Waals surface area contributed by atoms with E-state index in [1.54, 1.807) is 12.1 Å². The number of thioether (sulfide) groups is 1. The van der Waals surface area contributed by atoms with Crippen LogP contribution in [0, 0.1) is 0 Å². The Bertz CT molecular complexity index is 407. The van der Waals surface area contributed by atoms with Gasteiger partial charge in [0.15, 0.2) is 0 Å². The predicted octanol–water partition coefficient (Wildman–Crippen LogP) is 1.55. The molecule has 3 N–H and O–H groups in total. The van der Waals surface area contributed by atoms with E-state index in [1.165, 1.54) is 0 Å². The number of carbonyl (C=O) groups excluding carboxylic acids is 1. The van der Waals surface area contributed by atoms with Crippen molar-refractivity contribution in [3.8, 4) is 0 Å². The van der Waals surface area contributed by atoms with Crippen molar-refractivity contribution in [1.29, 1.82) is 0 Å². The van der Waals surface area contributed by atoms with Gasteiger partial charge in [-0.15, -0.1) is 0 Å². The summed E-state index contributed by atoms with van der Waals surface area (Å²) in [5.74, 6) is 2.09. The van der Waals surface area contributed by atoms with Crippen LogP contribution in [0.3, 0.4) is 0 Å². The lowest BCUT2D eigenvalue weighted by Gasteiger charge is -2.11. The highest BCUT2D eigenvalue weighted by Crippen LogP contribution is 2.19. The van der Waals surface area contributed by atoms with Crippen molar-refractivity contribution in [3.63, 3.8) is 0 Å². The molecule has 0 radical (unpaired) electrons. The molecule has 0 saturated carbocycles. The Morgan fingerprint density at radius 3 is 3.12 bits per heavy atom. The Morgan fingerprint density at radius 1 is 1.62 bits per heavy atom. The van der Waals surface area contributed by atoms with Gasteiger partial charge in [-0.05, 0) is 24.3 Å². The molecular weight excluding hydrogens is 246 g/mol. The number of nitrogens with one attached hydrogen (secondary N) is 1. The first-order chi connectivity index (χ1) is 7.66. The van der Waals surface area contributed by atoms with Crippen molar-refractivity contribution in [1.82, 2.24) is 10.3 Å². The van der Waals surface area contributed by atoms with Crippen molar-refractivity contribution in [3.05, 3.63) is 22.8 Å². The molecule has 4 nitrogen and oxygen atoms in total. The van der Waals surface area contributed by atoms with Crippen LogP contribution in [0.25, 0.3) is 0 Å². The van der Waals surface area contributed by atoms with E-state index in [9.17, 15) is 4.79 Å². The first-order valence-electron chi connectivity index (χ1n) is 4.97. The van der Waals surface area contributed by atoms with E-state index in [2.05, 4.69) is 10.3 Å². The van der Waals surface area contributed by atoms with Gasteiger partial charge in [-0.1, -0.05) is 11.6 Å². The first kappa shape index (κ1) is 11.5. The molecule has 2 heterocycles. The highest BCUT2D eigenvalue weighted by molar-refractivity contribution is 7.99. The summed E-state index contributed by atoms with van der Waals surface area (Å²) in [4.78, 5) is 15.8. The van der Waals surface area contributed by atoms with Gasteiger partial charge in [0.2, 0.25) is 0 Å². The third kappa shape index (κ3) is 2.59. The Hall–Kier alpha value is -0.940. The molecule has 1 aliphatic heterocycles. The van der Waals surface area contributed by atoms with Crippen LogP contribution in [0.2, 0.25) is 5.02 Å². The van der Waals surface area contributed by atoms with E-state index in [1.807, 2.05) is 11.8 Å². The number of nitrogens with two attached hydrogens (primary N) is 1. The summed E-state index contributed by atoms with van der Waals surface area (Å²) in [6.07, 6.45) is 0.996. The fraction of sp³-hybridized carbons (Fsp3) is 0.400. The van der Waals surface area contributed by atoms with E-state index in [4.69, 9.17) is 17.3 Å². The Morgan fingerprint density at radius 2 is 2.44 bits per heavy atom. The number of nitrogens with zero attached hydrogens (tertiary/aromatic N) is 1. The maximum atomic E-state index is 11.9. The molecule has 1 aromatic heterocycles. The molecule has 1 aromatic rings. The molecule has 1 fully saturated rings. The normalized spacial score (nSPS) is 19.7. The minimum Gasteiger partial charge on any atom is -0.384 e. The monoisotopic (exact) mass is 257 g/mol. The van der Waals surface area contributed by atoms with Crippen molar-refractivity contribution in [2.45, 2.75) is 12.5 Å². The van der Waals surface area contributed by atoms with Crippen LogP contribution in [-0.4, -0.2) is 28.4 Å². The van der Waals surface area contributed by atoms with Crippen LogP contribution >= 0.6 is 23.4 Å². The smallest absolute Gasteiger partial charge is 0.271 e. The van der Waals surface area contributed by atoms with Gasteiger partial charge < -0.3 is 11.1 Å². The highest BCUT2D eigenvalue weighted by Gasteiger charge is 2.20. The number of halogens is 1. The molecule has 0 spiro atoms. The van der Waals surface area contributed by atoms with Crippen molar-refractivity contribution in [2.24, 2.45) is 0 Å². The van der Waals surface area contributed by atoms with Gasteiger partial charge in [-0.2, -0.15) is 11.8 Å². The van der Waals surface area contributed by atoms with Crippen LogP contribution in [0.1, 0.15) is 16.9 Å². The second-order valence-corrected chi connectivity index (χ2v) is 5.16. The summed E-state index contributed by atoms with van der Waals surface area (Å²) >= 11 is 7.73. The zero-order valence-electron chi connectivity index (χ0n) is 8.57. The number of hydrogen-bond acceptors (Lipinski definition) is 4. The van der Waals surface area contributed by atoms with E-state index in [0.717, 1.165) is 17.9 Å². The number of carbonyl (C=O) groups is 1. The number of hydrogen-bond donors (Lipinski definition) is 2. The average molecular weight is 258 g/mol. The summed E-state index contributed by atoms with van der Waals surface area (Å²) in [5.41, 5.74) is 5.73. The summed E-state index contributed by atoms with van der Waals surface area (Å²) < 4.78 is 0. The van der Waals surface area contributed by atoms with Gasteiger partial charge in [-0.25, -0.2) is 4.98 Å². The molecule has 16 heavy (non-hydrogen) atoms. The summed E-state index contributed by atoms with van der Waals surface area (Å²) in [6.45, 7) is 0. The van der Waals surface area contributed by atoms with Crippen LogP contribution in [0.4, 0.5) is 5.82 Å². The van der Waals surface area contributed by atoms with E-state index in [0.29, 0.717) is 10.8 Å². The first-order valence-corrected chi connectivity index (χ1v) is 6.50. The van der Waals surface area contributed by atoms with Gasteiger partial charge >= 0.3 is 0 Å². The second kappa shape index (κ2) is 4.93. The topological polar surface area (TPSA) is 68.0 Å². The molecule has 0 bridgehead atoms. The molecule has 0 aliphatic carbocycles. The standard InChI is InChI=1S/C10H12ClN3OS/c11-7-1-2-8(12)14-9(7)10(15)13-6-3-4-16-5-6/h1-2,6H,3-5H2,(H2,12,14)(H,13,15). The molecule has 1 amide bonds. The number of amides is 1. The molecular formula is C10H12ClN3OS. The number of rotatable bonds is 2. The SMILES string of the molecule is Nc1ccc(Cl)c(C(=O)NC2CCSC2)n1. The Kier molecular flexibility index (Phi) is 3.56. The van der Waals surface area contributed by atoms with Gasteiger partial charge in [0.05, 0.1) is 5.02 Å². The minimum absolute atomic E-state index is 0.207. The zero-order chi connectivity index (χ0) is 11.5. The largest absolute Gasteiger partial charge is 0.384 e. The fourth-order valence-corrected chi connectivity index (χ4v) is 2.86. The average Bonchev–Trinajstić information content (AvgIpc) is 2.74. The molecule has 86 valence electrons. The molecule has 1 atom stereocenters. The van der Waals surface area contributed by atoms with Crippen molar-refractivity contribution >= 4 is 35.1 Å². The predicted molar refractivity (Wildman–Crippen MR) is 66.9 cm³/mol. The van der Waals surface area contributed by atoms with Gasteiger partial charge in [-0.3, -0.25) is 4.79 Å². The van der Waals surface area contributed by atoms with E-state index >= 15 is 0 Å². The third-order valence-electron chi connectivity index (χ3n) is 2.35. The lowest BCUT2D eigenvalue weighted by molar-refractivity contribution is 0.0936. The number of nitrogen functional groups attached to an aromatic ring is 1. The summed E-state index contributed by atoms with van der Waals surface area (Å²) in [6, 6.07) is 3.38. The third-order valence-corrected chi connectivity index (χ3v) is 3.81. The van der Waals surface area contributed by atoms with E-state index in [-0.39, 0.29) is 17.6 Å².